The molecule has 0 unspecified atom stereocenters. The number of carbonyl (C=O) groups excluding carboxylic acids is 1. The molecule has 1 N–H and O–H groups in total. The monoisotopic (exact) mass is 197 g/mol. The highest BCUT2D eigenvalue weighted by molar-refractivity contribution is 6.40. The SMILES string of the molecule is O=C1C=CC2=Nc3cccc(O)c3C2=C1. The van der Waals surface area contributed by atoms with Crippen LogP contribution in [0.4, 0.5) is 5.69 Å². The van der Waals surface area contributed by atoms with Gasteiger partial charge in [0, 0.05) is 5.57 Å². The molecule has 0 aromatic heterocycles. The second kappa shape index (κ2) is 2.67. The van der Waals surface area contributed by atoms with Crippen molar-refractivity contribution < 1.29 is 9.90 Å². The van der Waals surface area contributed by atoms with E-state index in [1.165, 1.54) is 12.2 Å². The first-order valence-corrected chi connectivity index (χ1v) is 4.61. The molecule has 0 amide bonds. The van der Waals surface area contributed by atoms with E-state index in [-0.39, 0.29) is 11.5 Å². The van der Waals surface area contributed by atoms with Gasteiger partial charge < -0.3 is 5.11 Å². The van der Waals surface area contributed by atoms with Crippen molar-refractivity contribution in [2.45, 2.75) is 0 Å². The second-order valence-corrected chi connectivity index (χ2v) is 3.46. The van der Waals surface area contributed by atoms with E-state index in [9.17, 15) is 9.90 Å². The lowest BCUT2D eigenvalue weighted by atomic mass is 9.97. The summed E-state index contributed by atoms with van der Waals surface area (Å²) in [6, 6.07) is 5.15. The van der Waals surface area contributed by atoms with Gasteiger partial charge in [-0.05, 0) is 30.4 Å². The number of hydrogen-bond acceptors (Lipinski definition) is 3. The molecule has 1 aromatic rings. The Labute approximate surface area is 86.1 Å². The number of hydrogen-bond donors (Lipinski definition) is 1. The molecule has 0 radical (unpaired) electrons. The fraction of sp³-hybridized carbons (Fsp3) is 0. The summed E-state index contributed by atoms with van der Waals surface area (Å²) in [6.07, 6.45) is 4.66. The van der Waals surface area contributed by atoms with Crippen molar-refractivity contribution in [2.75, 3.05) is 0 Å². The Balaban J connectivity index is 2.30. The summed E-state index contributed by atoms with van der Waals surface area (Å²) in [5, 5.41) is 9.71. The van der Waals surface area contributed by atoms with E-state index < -0.39 is 0 Å². The van der Waals surface area contributed by atoms with Crippen LogP contribution in [0.15, 0.2) is 41.4 Å². The molecule has 0 bridgehead atoms. The summed E-state index contributed by atoms with van der Waals surface area (Å²) in [7, 11) is 0. The zero-order valence-electron chi connectivity index (χ0n) is 7.77. The first-order valence-electron chi connectivity index (χ1n) is 4.61. The van der Waals surface area contributed by atoms with Gasteiger partial charge >= 0.3 is 0 Å². The zero-order chi connectivity index (χ0) is 10.4. The first kappa shape index (κ1) is 8.17. The van der Waals surface area contributed by atoms with Gasteiger partial charge in [-0.3, -0.25) is 4.79 Å². The van der Waals surface area contributed by atoms with Gasteiger partial charge in [-0.1, -0.05) is 6.07 Å². The number of carbonyl (C=O) groups is 1. The Morgan fingerprint density at radius 3 is 2.93 bits per heavy atom. The summed E-state index contributed by atoms with van der Waals surface area (Å²) in [5.41, 5.74) is 2.84. The minimum Gasteiger partial charge on any atom is -0.507 e. The molecule has 15 heavy (non-hydrogen) atoms. The van der Waals surface area contributed by atoms with Crippen molar-refractivity contribution in [1.29, 1.82) is 0 Å². The Kier molecular flexibility index (Phi) is 1.45. The smallest absolute Gasteiger partial charge is 0.179 e. The summed E-state index contributed by atoms with van der Waals surface area (Å²) in [4.78, 5) is 15.5. The van der Waals surface area contributed by atoms with Gasteiger partial charge in [-0.15, -0.1) is 0 Å². The molecule has 1 aliphatic heterocycles. The van der Waals surface area contributed by atoms with E-state index in [2.05, 4.69) is 4.99 Å². The molecule has 0 saturated heterocycles. The number of phenolic OH excluding ortho intramolecular Hbond substituents is 1. The number of benzene rings is 1. The van der Waals surface area contributed by atoms with Crippen LogP contribution >= 0.6 is 0 Å². The normalized spacial score (nSPS) is 16.9. The van der Waals surface area contributed by atoms with Crippen molar-refractivity contribution in [1.82, 2.24) is 0 Å². The lowest BCUT2D eigenvalue weighted by Crippen LogP contribution is -2.03. The number of phenols is 1. The third-order valence-corrected chi connectivity index (χ3v) is 2.50. The average Bonchev–Trinajstić information content (AvgIpc) is 2.57. The highest BCUT2D eigenvalue weighted by Gasteiger charge is 2.24. The minimum absolute atomic E-state index is 0.0694. The van der Waals surface area contributed by atoms with Crippen molar-refractivity contribution >= 4 is 22.8 Å². The van der Waals surface area contributed by atoms with Crippen LogP contribution in [0.25, 0.3) is 5.57 Å². The molecule has 0 fully saturated rings. The molecule has 0 saturated carbocycles. The highest BCUT2D eigenvalue weighted by Crippen LogP contribution is 2.41. The van der Waals surface area contributed by atoms with Crippen LogP contribution < -0.4 is 0 Å². The number of allylic oxidation sites excluding steroid dienone is 4. The predicted octanol–water partition coefficient (Wildman–Crippen LogP) is 2.00. The number of rotatable bonds is 0. The molecular formula is C12H7NO2. The Hall–Kier alpha value is -2.16. The predicted molar refractivity (Wildman–Crippen MR) is 57.3 cm³/mol. The number of fused-ring (bicyclic) bond motifs is 3. The van der Waals surface area contributed by atoms with Crippen LogP contribution in [0, 0.1) is 0 Å². The van der Waals surface area contributed by atoms with E-state index in [0.29, 0.717) is 5.56 Å². The molecule has 1 aliphatic carbocycles. The molecule has 3 rings (SSSR count). The maximum Gasteiger partial charge on any atom is 0.179 e. The van der Waals surface area contributed by atoms with Crippen LogP contribution in [0.1, 0.15) is 5.56 Å². The fourth-order valence-electron chi connectivity index (χ4n) is 1.84. The van der Waals surface area contributed by atoms with Crippen molar-refractivity contribution in [3.63, 3.8) is 0 Å². The topological polar surface area (TPSA) is 49.7 Å². The quantitative estimate of drug-likeness (QED) is 0.646. The van der Waals surface area contributed by atoms with Crippen LogP contribution in [-0.2, 0) is 4.79 Å². The van der Waals surface area contributed by atoms with Crippen molar-refractivity contribution in [2.24, 2.45) is 4.99 Å². The van der Waals surface area contributed by atoms with Gasteiger partial charge in [-0.2, -0.15) is 0 Å². The summed E-state index contributed by atoms with van der Waals surface area (Å²) < 4.78 is 0. The zero-order valence-corrected chi connectivity index (χ0v) is 7.77. The molecule has 1 heterocycles. The summed E-state index contributed by atoms with van der Waals surface area (Å²) >= 11 is 0. The third kappa shape index (κ3) is 1.06. The van der Waals surface area contributed by atoms with Crippen molar-refractivity contribution in [3.05, 3.63) is 42.0 Å². The lowest BCUT2D eigenvalue weighted by Gasteiger charge is -2.05. The van der Waals surface area contributed by atoms with Gasteiger partial charge in [0.05, 0.1) is 17.0 Å². The molecule has 0 atom stereocenters. The number of aromatic hydroxyl groups is 1. The molecule has 1 aromatic carbocycles. The Morgan fingerprint density at radius 1 is 1.20 bits per heavy atom. The summed E-state index contributed by atoms with van der Waals surface area (Å²) in [6.45, 7) is 0. The largest absolute Gasteiger partial charge is 0.507 e. The molecule has 72 valence electrons. The number of nitrogens with zero attached hydrogens (tertiary/aromatic N) is 1. The lowest BCUT2D eigenvalue weighted by molar-refractivity contribution is -0.110. The van der Waals surface area contributed by atoms with Crippen LogP contribution in [-0.4, -0.2) is 16.6 Å². The molecule has 2 aliphatic rings. The maximum atomic E-state index is 11.2. The van der Waals surface area contributed by atoms with Gasteiger partial charge in [-0.25, -0.2) is 4.99 Å². The van der Waals surface area contributed by atoms with Gasteiger partial charge in [0.1, 0.15) is 5.75 Å². The average molecular weight is 197 g/mol. The highest BCUT2D eigenvalue weighted by atomic mass is 16.3. The van der Waals surface area contributed by atoms with E-state index in [0.717, 1.165) is 17.0 Å². The van der Waals surface area contributed by atoms with Crippen LogP contribution in [0.5, 0.6) is 5.75 Å². The molecule has 0 spiro atoms. The minimum atomic E-state index is -0.0694. The van der Waals surface area contributed by atoms with Gasteiger partial charge in [0.25, 0.3) is 0 Å². The fourth-order valence-corrected chi connectivity index (χ4v) is 1.84. The molecule has 3 nitrogen and oxygen atoms in total. The maximum absolute atomic E-state index is 11.2. The standard InChI is InChI=1S/C12H7NO2/c14-7-4-5-9-8(6-7)12-10(13-9)2-1-3-11(12)15/h1-6,15H. The van der Waals surface area contributed by atoms with Gasteiger partial charge in [0.2, 0.25) is 0 Å². The first-order chi connectivity index (χ1) is 7.25. The summed E-state index contributed by atoms with van der Waals surface area (Å²) in [5.74, 6) is 0.0978. The van der Waals surface area contributed by atoms with E-state index in [4.69, 9.17) is 0 Å². The van der Waals surface area contributed by atoms with E-state index in [1.807, 2.05) is 6.07 Å². The Bertz CT molecular complexity index is 565. The van der Waals surface area contributed by atoms with Crippen molar-refractivity contribution in [3.8, 4) is 5.75 Å². The van der Waals surface area contributed by atoms with Crippen LogP contribution in [0.3, 0.4) is 0 Å². The Morgan fingerprint density at radius 2 is 2.07 bits per heavy atom. The number of aliphatic imine (C=N–C) groups is 1. The van der Waals surface area contributed by atoms with E-state index in [1.54, 1.807) is 18.2 Å². The van der Waals surface area contributed by atoms with E-state index >= 15 is 0 Å². The number of ketones is 1. The third-order valence-electron chi connectivity index (χ3n) is 2.50. The van der Waals surface area contributed by atoms with Crippen LogP contribution in [0.2, 0.25) is 0 Å². The second-order valence-electron chi connectivity index (χ2n) is 3.46. The van der Waals surface area contributed by atoms with Gasteiger partial charge in [0.15, 0.2) is 5.78 Å². The molecular weight excluding hydrogens is 190 g/mol. The molecule has 3 heteroatoms.